The van der Waals surface area contributed by atoms with Crippen LogP contribution in [0.25, 0.3) is 5.32 Å². The molecule has 0 spiro atoms. The zero-order chi connectivity index (χ0) is 9.02. The van der Waals surface area contributed by atoms with E-state index in [1.54, 1.807) is 20.8 Å². The number of nitrogens with zero attached hydrogens (tertiary/aromatic N) is 1. The number of hydrogen-bond acceptors (Lipinski definition) is 2. The Morgan fingerprint density at radius 3 is 1.42 bits per heavy atom. The Hall–Kier alpha value is 0.244. The summed E-state index contributed by atoms with van der Waals surface area (Å²) in [4.78, 5) is 21.2. The Labute approximate surface area is 98.6 Å². The number of carbonyl (C=O) groups is 2. The SMILES string of the molecule is CC1C(=O)[N-]C(=O)C1C.[CH2-]C.[Y]. The van der Waals surface area contributed by atoms with Gasteiger partial charge in [-0.05, 0) is 0 Å². The van der Waals surface area contributed by atoms with Gasteiger partial charge < -0.3 is 21.8 Å². The summed E-state index contributed by atoms with van der Waals surface area (Å²) < 4.78 is 0. The number of carbonyl (C=O) groups excluding carboxylic acids is 2. The topological polar surface area (TPSA) is 48.2 Å². The summed E-state index contributed by atoms with van der Waals surface area (Å²) in [5.41, 5.74) is 0. The monoisotopic (exact) mass is 244 g/mol. The minimum absolute atomic E-state index is 0. The van der Waals surface area contributed by atoms with Gasteiger partial charge in [0.25, 0.3) is 0 Å². The fourth-order valence-corrected chi connectivity index (χ4v) is 0.740. The maximum Gasteiger partial charge on any atom is 0.0600 e. The van der Waals surface area contributed by atoms with Crippen LogP contribution in [0.15, 0.2) is 0 Å². The maximum absolute atomic E-state index is 10.6. The fraction of sp³-hybridized carbons (Fsp3) is 0.625. The third-order valence-corrected chi connectivity index (χ3v) is 1.75. The standard InChI is InChI=1S/C6H9NO2.C2H5.Y/c1-3-4(2)6(9)7-5(3)8;1-2;/h3-4H,1-2H3,(H,7,8,9);1H2,2H3;/q;-1;/p-1. The van der Waals surface area contributed by atoms with Gasteiger partial charge in [0.1, 0.15) is 0 Å². The molecule has 0 saturated carbocycles. The van der Waals surface area contributed by atoms with Gasteiger partial charge in [-0.1, -0.05) is 13.8 Å². The maximum atomic E-state index is 10.6. The molecule has 0 aliphatic carbocycles. The summed E-state index contributed by atoms with van der Waals surface area (Å²) in [6.45, 7) is 8.45. The second kappa shape index (κ2) is 6.73. The molecule has 0 N–H and O–H groups in total. The van der Waals surface area contributed by atoms with Gasteiger partial charge in [-0.3, -0.25) is 0 Å². The summed E-state index contributed by atoms with van der Waals surface area (Å²) in [6.07, 6.45) is 0. The van der Waals surface area contributed by atoms with Crippen LogP contribution in [-0.2, 0) is 42.3 Å². The van der Waals surface area contributed by atoms with Crippen LogP contribution in [0.5, 0.6) is 0 Å². The summed E-state index contributed by atoms with van der Waals surface area (Å²) in [7, 11) is 0. The van der Waals surface area contributed by atoms with E-state index in [0.717, 1.165) is 0 Å². The average molecular weight is 244 g/mol. The van der Waals surface area contributed by atoms with Crippen LogP contribution in [0, 0.1) is 18.8 Å². The second-order valence-corrected chi connectivity index (χ2v) is 2.37. The summed E-state index contributed by atoms with van der Waals surface area (Å²) in [6, 6.07) is 0. The van der Waals surface area contributed by atoms with Crippen molar-refractivity contribution in [1.29, 1.82) is 0 Å². The number of amides is 2. The van der Waals surface area contributed by atoms with Crippen LogP contribution < -0.4 is 0 Å². The van der Waals surface area contributed by atoms with Crippen LogP contribution in [0.1, 0.15) is 20.8 Å². The van der Waals surface area contributed by atoms with Crippen molar-refractivity contribution in [3.05, 3.63) is 12.2 Å². The third kappa shape index (κ3) is 3.32. The molecular weight excluding hydrogens is 231 g/mol. The Balaban J connectivity index is 0. The van der Waals surface area contributed by atoms with Crippen LogP contribution >= 0.6 is 0 Å². The Morgan fingerprint density at radius 2 is 1.33 bits per heavy atom. The zero-order valence-corrected chi connectivity index (χ0v) is 10.5. The van der Waals surface area contributed by atoms with E-state index >= 15 is 0 Å². The largest absolute Gasteiger partial charge is 0.595 e. The van der Waals surface area contributed by atoms with Crippen molar-refractivity contribution >= 4 is 11.8 Å². The molecule has 1 saturated heterocycles. The van der Waals surface area contributed by atoms with E-state index in [0.29, 0.717) is 0 Å². The van der Waals surface area contributed by atoms with E-state index in [1.807, 2.05) is 0 Å². The van der Waals surface area contributed by atoms with Gasteiger partial charge in [-0.2, -0.15) is 6.92 Å². The molecule has 0 aromatic carbocycles. The van der Waals surface area contributed by atoms with E-state index in [4.69, 9.17) is 0 Å². The van der Waals surface area contributed by atoms with E-state index in [1.165, 1.54) is 0 Å². The molecule has 2 atom stereocenters. The molecule has 1 rings (SSSR count). The van der Waals surface area contributed by atoms with Crippen LogP contribution in [0.4, 0.5) is 0 Å². The van der Waals surface area contributed by atoms with Gasteiger partial charge in [0.05, 0.1) is 11.8 Å². The Bertz CT molecular complexity index is 152. The van der Waals surface area contributed by atoms with Crippen molar-refractivity contribution < 1.29 is 42.3 Å². The van der Waals surface area contributed by atoms with E-state index in [2.05, 4.69) is 12.2 Å². The summed E-state index contributed by atoms with van der Waals surface area (Å²) in [5.74, 6) is -0.935. The molecule has 1 heterocycles. The molecule has 67 valence electrons. The minimum atomic E-state index is -0.271. The average Bonchev–Trinajstić information content (AvgIpc) is 2.22. The van der Waals surface area contributed by atoms with Gasteiger partial charge in [0, 0.05) is 44.5 Å². The first-order chi connectivity index (χ1) is 5.13. The molecule has 3 nitrogen and oxygen atoms in total. The van der Waals surface area contributed by atoms with Crippen molar-refractivity contribution in [2.45, 2.75) is 20.8 Å². The van der Waals surface area contributed by atoms with Crippen LogP contribution in [0.2, 0.25) is 0 Å². The van der Waals surface area contributed by atoms with Crippen molar-refractivity contribution in [1.82, 2.24) is 0 Å². The second-order valence-electron chi connectivity index (χ2n) is 2.37. The number of imide groups is 1. The third-order valence-electron chi connectivity index (χ3n) is 1.75. The Kier molecular flexibility index (Phi) is 8.27. The van der Waals surface area contributed by atoms with Crippen LogP contribution in [0.3, 0.4) is 0 Å². The van der Waals surface area contributed by atoms with E-state index in [9.17, 15) is 9.59 Å². The van der Waals surface area contributed by atoms with Gasteiger partial charge in [0.15, 0.2) is 0 Å². The first-order valence-electron chi connectivity index (χ1n) is 3.63. The molecule has 1 fully saturated rings. The zero-order valence-electron chi connectivity index (χ0n) is 7.70. The summed E-state index contributed by atoms with van der Waals surface area (Å²) in [5, 5.41) is 3.27. The van der Waals surface area contributed by atoms with Crippen molar-refractivity contribution in [3.8, 4) is 0 Å². The summed E-state index contributed by atoms with van der Waals surface area (Å²) >= 11 is 0. The molecule has 12 heavy (non-hydrogen) atoms. The van der Waals surface area contributed by atoms with E-state index < -0.39 is 0 Å². The molecule has 0 aromatic heterocycles. The molecule has 4 heteroatoms. The first-order valence-corrected chi connectivity index (χ1v) is 3.63. The fourth-order valence-electron chi connectivity index (χ4n) is 0.740. The molecule has 1 aliphatic heterocycles. The molecular formula is C8H13NO2Y-2. The van der Waals surface area contributed by atoms with Crippen molar-refractivity contribution in [2.75, 3.05) is 0 Å². The Morgan fingerprint density at radius 1 is 1.08 bits per heavy atom. The molecule has 0 aromatic rings. The first kappa shape index (κ1) is 14.8. The smallest absolute Gasteiger partial charge is 0.0600 e. The van der Waals surface area contributed by atoms with E-state index in [-0.39, 0.29) is 56.4 Å². The normalized spacial score (nSPS) is 26.7. The molecule has 0 bridgehead atoms. The molecule has 1 aliphatic rings. The predicted molar refractivity (Wildman–Crippen MR) is 42.7 cm³/mol. The minimum Gasteiger partial charge on any atom is -0.595 e. The van der Waals surface area contributed by atoms with Crippen molar-refractivity contribution in [3.63, 3.8) is 0 Å². The molecule has 2 unspecified atom stereocenters. The van der Waals surface area contributed by atoms with Gasteiger partial charge in [-0.25, -0.2) is 0 Å². The number of rotatable bonds is 0. The number of hydrogen-bond donors (Lipinski definition) is 0. The molecule has 1 radical (unpaired) electrons. The van der Waals surface area contributed by atoms with Gasteiger partial charge in [0.2, 0.25) is 0 Å². The predicted octanol–water partition coefficient (Wildman–Crippen LogP) is 1.54. The van der Waals surface area contributed by atoms with Gasteiger partial charge in [-0.15, -0.1) is 0 Å². The van der Waals surface area contributed by atoms with Crippen molar-refractivity contribution in [2.24, 2.45) is 11.8 Å². The van der Waals surface area contributed by atoms with Gasteiger partial charge >= 0.3 is 0 Å². The van der Waals surface area contributed by atoms with Crippen LogP contribution in [-0.4, -0.2) is 11.8 Å². The molecule has 2 amide bonds. The quantitative estimate of drug-likeness (QED) is 0.479.